The molecule has 1 rings (SSSR count). The van der Waals surface area contributed by atoms with Crippen LogP contribution >= 0.6 is 0 Å². The Morgan fingerprint density at radius 1 is 1.00 bits per heavy atom. The largest absolute Gasteiger partial charge is 0.325 e. The molecule has 2 N–H and O–H groups in total. The van der Waals surface area contributed by atoms with Gasteiger partial charge in [-0.3, -0.25) is 0 Å². The maximum Gasteiger partial charge on any atom is 0.0178 e. The van der Waals surface area contributed by atoms with Crippen LogP contribution in [0.15, 0.2) is 0 Å². The lowest BCUT2D eigenvalue weighted by Gasteiger charge is -2.43. The van der Waals surface area contributed by atoms with E-state index in [9.17, 15) is 0 Å². The predicted molar refractivity (Wildman–Crippen MR) is 54.0 cm³/mol. The van der Waals surface area contributed by atoms with Gasteiger partial charge < -0.3 is 5.73 Å². The quantitative estimate of drug-likeness (QED) is 0.641. The highest BCUT2D eigenvalue weighted by atomic mass is 14.8. The SMILES string of the molecule is CC(C)C1(N)CCC(C)(C)CC1. The van der Waals surface area contributed by atoms with Crippen LogP contribution in [-0.4, -0.2) is 5.54 Å². The minimum absolute atomic E-state index is 0.134. The normalized spacial score (nSPS) is 27.5. The Labute approximate surface area is 76.7 Å². The summed E-state index contributed by atoms with van der Waals surface area (Å²) in [5.41, 5.74) is 7.00. The second-order valence-corrected chi connectivity index (χ2v) is 5.55. The highest BCUT2D eigenvalue weighted by Crippen LogP contribution is 2.41. The summed E-state index contributed by atoms with van der Waals surface area (Å²) in [6.45, 7) is 9.20. The molecule has 12 heavy (non-hydrogen) atoms. The van der Waals surface area contributed by atoms with Gasteiger partial charge in [0.2, 0.25) is 0 Å². The van der Waals surface area contributed by atoms with Gasteiger partial charge in [0, 0.05) is 5.54 Å². The third-order valence-corrected chi connectivity index (χ3v) is 3.68. The number of nitrogens with two attached hydrogens (primary N) is 1. The monoisotopic (exact) mass is 169 g/mol. The van der Waals surface area contributed by atoms with Gasteiger partial charge in [-0.1, -0.05) is 27.7 Å². The molecule has 0 aromatic rings. The first kappa shape index (κ1) is 10.0. The molecule has 1 nitrogen and oxygen atoms in total. The van der Waals surface area contributed by atoms with Gasteiger partial charge in [-0.2, -0.15) is 0 Å². The van der Waals surface area contributed by atoms with Gasteiger partial charge >= 0.3 is 0 Å². The van der Waals surface area contributed by atoms with Gasteiger partial charge in [-0.15, -0.1) is 0 Å². The lowest BCUT2D eigenvalue weighted by atomic mass is 9.66. The van der Waals surface area contributed by atoms with Gasteiger partial charge in [0.05, 0.1) is 0 Å². The molecule has 1 aliphatic rings. The molecule has 0 radical (unpaired) electrons. The van der Waals surface area contributed by atoms with Crippen LogP contribution in [0.25, 0.3) is 0 Å². The summed E-state index contributed by atoms with van der Waals surface area (Å²) in [4.78, 5) is 0. The van der Waals surface area contributed by atoms with Crippen LogP contribution in [0.1, 0.15) is 53.4 Å². The summed E-state index contributed by atoms with van der Waals surface area (Å²) in [6, 6.07) is 0. The van der Waals surface area contributed by atoms with Crippen LogP contribution in [0.4, 0.5) is 0 Å². The molecule has 1 fully saturated rings. The summed E-state index contributed by atoms with van der Waals surface area (Å²) >= 11 is 0. The van der Waals surface area contributed by atoms with Gasteiger partial charge in [-0.25, -0.2) is 0 Å². The lowest BCUT2D eigenvalue weighted by Crippen LogP contribution is -2.49. The van der Waals surface area contributed by atoms with E-state index in [0.29, 0.717) is 11.3 Å². The molecule has 0 amide bonds. The molecule has 0 atom stereocenters. The maximum atomic E-state index is 6.32. The molecule has 0 aromatic heterocycles. The van der Waals surface area contributed by atoms with Crippen LogP contribution < -0.4 is 5.73 Å². The molecular formula is C11H23N. The zero-order chi connectivity index (χ0) is 9.41. The average Bonchev–Trinajstić information content (AvgIpc) is 1.96. The Kier molecular flexibility index (Phi) is 2.53. The fourth-order valence-corrected chi connectivity index (χ4v) is 1.97. The van der Waals surface area contributed by atoms with Crippen molar-refractivity contribution in [3.8, 4) is 0 Å². The Hall–Kier alpha value is -0.0400. The molecule has 0 spiro atoms. The molecule has 0 heterocycles. The first-order valence-electron chi connectivity index (χ1n) is 5.15. The fraction of sp³-hybridized carbons (Fsp3) is 1.00. The van der Waals surface area contributed by atoms with E-state index < -0.39 is 0 Å². The Morgan fingerprint density at radius 3 is 1.75 bits per heavy atom. The van der Waals surface area contributed by atoms with Crippen molar-refractivity contribution in [3.63, 3.8) is 0 Å². The Morgan fingerprint density at radius 2 is 1.42 bits per heavy atom. The summed E-state index contributed by atoms with van der Waals surface area (Å²) < 4.78 is 0. The standard InChI is InChI=1S/C11H23N/c1-9(2)11(12)7-5-10(3,4)6-8-11/h9H,5-8,12H2,1-4H3. The van der Waals surface area contributed by atoms with Gasteiger partial charge in [0.25, 0.3) is 0 Å². The van der Waals surface area contributed by atoms with Crippen molar-refractivity contribution >= 4 is 0 Å². The molecule has 1 saturated carbocycles. The van der Waals surface area contributed by atoms with E-state index in [0.717, 1.165) is 0 Å². The molecule has 1 heteroatoms. The topological polar surface area (TPSA) is 26.0 Å². The summed E-state index contributed by atoms with van der Waals surface area (Å²) in [5.74, 6) is 0.633. The first-order chi connectivity index (χ1) is 5.36. The zero-order valence-electron chi connectivity index (χ0n) is 8.98. The van der Waals surface area contributed by atoms with Crippen molar-refractivity contribution in [2.45, 2.75) is 58.9 Å². The Bertz CT molecular complexity index is 148. The smallest absolute Gasteiger partial charge is 0.0178 e. The van der Waals surface area contributed by atoms with E-state index in [1.54, 1.807) is 0 Å². The first-order valence-corrected chi connectivity index (χ1v) is 5.15. The zero-order valence-corrected chi connectivity index (χ0v) is 8.98. The van der Waals surface area contributed by atoms with E-state index in [4.69, 9.17) is 5.73 Å². The summed E-state index contributed by atoms with van der Waals surface area (Å²) in [5, 5.41) is 0. The van der Waals surface area contributed by atoms with Gasteiger partial charge in [0.15, 0.2) is 0 Å². The van der Waals surface area contributed by atoms with Crippen LogP contribution in [-0.2, 0) is 0 Å². The van der Waals surface area contributed by atoms with Crippen molar-refractivity contribution in [2.75, 3.05) is 0 Å². The molecular weight excluding hydrogens is 146 g/mol. The average molecular weight is 169 g/mol. The van der Waals surface area contributed by atoms with E-state index in [-0.39, 0.29) is 5.54 Å². The van der Waals surface area contributed by atoms with Gasteiger partial charge in [-0.05, 0) is 37.0 Å². The third-order valence-electron chi connectivity index (χ3n) is 3.68. The van der Waals surface area contributed by atoms with Crippen molar-refractivity contribution in [3.05, 3.63) is 0 Å². The fourth-order valence-electron chi connectivity index (χ4n) is 1.97. The van der Waals surface area contributed by atoms with E-state index in [1.165, 1.54) is 25.7 Å². The minimum atomic E-state index is 0.134. The number of hydrogen-bond donors (Lipinski definition) is 1. The summed E-state index contributed by atoms with van der Waals surface area (Å²) in [7, 11) is 0. The highest BCUT2D eigenvalue weighted by molar-refractivity contribution is 4.94. The molecule has 0 saturated heterocycles. The molecule has 0 unspecified atom stereocenters. The van der Waals surface area contributed by atoms with Gasteiger partial charge in [0.1, 0.15) is 0 Å². The highest BCUT2D eigenvalue weighted by Gasteiger charge is 2.37. The Balaban J connectivity index is 2.55. The number of rotatable bonds is 1. The molecule has 0 aliphatic heterocycles. The second kappa shape index (κ2) is 3.02. The maximum absolute atomic E-state index is 6.32. The number of hydrogen-bond acceptors (Lipinski definition) is 1. The van der Waals surface area contributed by atoms with Crippen LogP contribution in [0.2, 0.25) is 0 Å². The molecule has 0 aromatic carbocycles. The van der Waals surface area contributed by atoms with Crippen molar-refractivity contribution < 1.29 is 0 Å². The van der Waals surface area contributed by atoms with Crippen LogP contribution in [0.3, 0.4) is 0 Å². The summed E-state index contributed by atoms with van der Waals surface area (Å²) in [6.07, 6.45) is 5.00. The van der Waals surface area contributed by atoms with E-state index in [1.807, 2.05) is 0 Å². The van der Waals surface area contributed by atoms with Crippen molar-refractivity contribution in [2.24, 2.45) is 17.1 Å². The van der Waals surface area contributed by atoms with Crippen molar-refractivity contribution in [1.82, 2.24) is 0 Å². The second-order valence-electron chi connectivity index (χ2n) is 5.55. The predicted octanol–water partition coefficient (Wildman–Crippen LogP) is 2.94. The van der Waals surface area contributed by atoms with Crippen LogP contribution in [0, 0.1) is 11.3 Å². The third kappa shape index (κ3) is 2.01. The molecule has 0 bridgehead atoms. The minimum Gasteiger partial charge on any atom is -0.325 e. The lowest BCUT2D eigenvalue weighted by molar-refractivity contribution is 0.130. The van der Waals surface area contributed by atoms with Crippen molar-refractivity contribution in [1.29, 1.82) is 0 Å². The molecule has 72 valence electrons. The van der Waals surface area contributed by atoms with Crippen LogP contribution in [0.5, 0.6) is 0 Å². The van der Waals surface area contributed by atoms with E-state index in [2.05, 4.69) is 27.7 Å². The van der Waals surface area contributed by atoms with E-state index >= 15 is 0 Å². The molecule has 1 aliphatic carbocycles.